The van der Waals surface area contributed by atoms with Gasteiger partial charge in [0, 0.05) is 66.5 Å². The first-order chi connectivity index (χ1) is 28.7. The highest BCUT2D eigenvalue weighted by Gasteiger charge is 2.67. The fraction of sp³-hybridized carbons (Fsp3) is 0.479. The molecule has 2 aromatic carbocycles. The monoisotopic (exact) mass is 806 g/mol. The van der Waals surface area contributed by atoms with E-state index in [1.807, 2.05) is 42.2 Å². The number of nitrogens with one attached hydrogen (secondary N) is 1. The molecule has 9 rings (SSSR count). The van der Waals surface area contributed by atoms with Gasteiger partial charge >= 0.3 is 0 Å². The Morgan fingerprint density at radius 3 is 2.15 bits per heavy atom. The summed E-state index contributed by atoms with van der Waals surface area (Å²) in [5.41, 5.74) is 6.06. The maximum atomic E-state index is 13.9. The number of rotatable bonds is 7. The number of ether oxygens (including phenoxy) is 1. The number of hydrogen-bond donors (Lipinski definition) is 1. The van der Waals surface area contributed by atoms with Crippen molar-refractivity contribution < 1.29 is 28.7 Å². The average molecular weight is 807 g/mol. The van der Waals surface area contributed by atoms with Crippen LogP contribution in [-0.4, -0.2) is 74.0 Å². The van der Waals surface area contributed by atoms with Gasteiger partial charge in [0.25, 0.3) is 17.7 Å². The minimum absolute atomic E-state index is 0.0432. The predicted molar refractivity (Wildman–Crippen MR) is 220 cm³/mol. The fourth-order valence-corrected chi connectivity index (χ4v) is 11.5. The third kappa shape index (κ3) is 6.57. The van der Waals surface area contributed by atoms with Crippen molar-refractivity contribution in [3.8, 4) is 23.7 Å². The summed E-state index contributed by atoms with van der Waals surface area (Å²) in [6, 6.07) is 12.7. The van der Waals surface area contributed by atoms with Gasteiger partial charge in [0.1, 0.15) is 29.7 Å². The van der Waals surface area contributed by atoms with Gasteiger partial charge in [0.2, 0.25) is 11.8 Å². The Bertz CT molecular complexity index is 2420. The maximum Gasteiger partial charge on any atom is 0.262 e. The third-order valence-corrected chi connectivity index (χ3v) is 14.0. The van der Waals surface area contributed by atoms with Crippen molar-refractivity contribution in [2.24, 2.45) is 22.7 Å². The van der Waals surface area contributed by atoms with Gasteiger partial charge in [-0.15, -0.1) is 0 Å². The quantitative estimate of drug-likeness (QED) is 0.226. The van der Waals surface area contributed by atoms with Crippen molar-refractivity contribution in [2.75, 3.05) is 6.54 Å². The van der Waals surface area contributed by atoms with Crippen LogP contribution in [0, 0.1) is 45.8 Å². The molecule has 1 atom stereocenters. The first-order valence-electron chi connectivity index (χ1n) is 21.3. The van der Waals surface area contributed by atoms with E-state index in [1.54, 1.807) is 6.20 Å². The summed E-state index contributed by atoms with van der Waals surface area (Å²) >= 11 is 0. The van der Waals surface area contributed by atoms with Crippen molar-refractivity contribution in [1.82, 2.24) is 25.0 Å². The van der Waals surface area contributed by atoms with Crippen LogP contribution < -0.4 is 10.1 Å². The average Bonchev–Trinajstić information content (AvgIpc) is 3.84. The number of aromatic nitrogens is 1. The Morgan fingerprint density at radius 1 is 0.833 bits per heavy atom. The van der Waals surface area contributed by atoms with E-state index in [1.165, 1.54) is 0 Å². The number of benzene rings is 2. The molecule has 3 aromatic rings. The molecule has 12 heteroatoms. The lowest BCUT2D eigenvalue weighted by Crippen LogP contribution is -2.74. The summed E-state index contributed by atoms with van der Waals surface area (Å²) in [7, 11) is 0. The predicted octanol–water partition coefficient (Wildman–Crippen LogP) is 5.93. The molecule has 60 heavy (non-hydrogen) atoms. The Hall–Kier alpha value is -5.85. The van der Waals surface area contributed by atoms with Crippen LogP contribution in [-0.2, 0) is 35.6 Å². The van der Waals surface area contributed by atoms with Crippen LogP contribution in [0.4, 0.5) is 0 Å². The molecule has 3 fully saturated rings. The highest BCUT2D eigenvalue weighted by Crippen LogP contribution is 2.59. The molecule has 2 aliphatic carbocycles. The largest absolute Gasteiger partial charge is 0.488 e. The van der Waals surface area contributed by atoms with E-state index in [4.69, 9.17) is 4.74 Å². The zero-order valence-electron chi connectivity index (χ0n) is 34.9. The lowest BCUT2D eigenvalue weighted by atomic mass is 9.49. The molecule has 1 saturated heterocycles. The van der Waals surface area contributed by atoms with Crippen LogP contribution in [0.15, 0.2) is 42.6 Å². The number of fused-ring (bicyclic) bond motifs is 3. The van der Waals surface area contributed by atoms with Gasteiger partial charge in [-0.25, -0.2) is 4.98 Å². The second-order valence-electron chi connectivity index (χ2n) is 18.8. The third-order valence-electron chi connectivity index (χ3n) is 14.0. The van der Waals surface area contributed by atoms with Gasteiger partial charge in [0.15, 0.2) is 0 Å². The Morgan fingerprint density at radius 2 is 1.52 bits per heavy atom. The van der Waals surface area contributed by atoms with E-state index in [-0.39, 0.29) is 47.6 Å². The number of aryl methyl sites for hydroxylation is 1. The summed E-state index contributed by atoms with van der Waals surface area (Å²) in [5.74, 6) is 6.61. The molecule has 12 nitrogen and oxygen atoms in total. The van der Waals surface area contributed by atoms with E-state index in [9.17, 15) is 29.2 Å². The normalized spacial score (nSPS) is 26.4. The van der Waals surface area contributed by atoms with Crippen LogP contribution in [0.1, 0.15) is 138 Å². The van der Waals surface area contributed by atoms with E-state index in [0.29, 0.717) is 60.5 Å². The molecule has 1 aromatic heterocycles. The zero-order valence-corrected chi connectivity index (χ0v) is 34.9. The summed E-state index contributed by atoms with van der Waals surface area (Å²) < 4.78 is 6.56. The lowest BCUT2D eigenvalue weighted by molar-refractivity contribution is -0.199. The van der Waals surface area contributed by atoms with Gasteiger partial charge in [-0.2, -0.15) is 5.26 Å². The molecule has 0 radical (unpaired) electrons. The van der Waals surface area contributed by atoms with Gasteiger partial charge in [-0.3, -0.25) is 39.1 Å². The minimum Gasteiger partial charge on any atom is -0.488 e. The number of nitrogens with zero attached hydrogens (tertiary/aromatic N) is 5. The first kappa shape index (κ1) is 39.6. The smallest absolute Gasteiger partial charge is 0.262 e. The van der Waals surface area contributed by atoms with E-state index in [0.717, 1.165) is 70.5 Å². The van der Waals surface area contributed by atoms with Crippen molar-refractivity contribution >= 4 is 29.5 Å². The maximum absolute atomic E-state index is 13.9. The summed E-state index contributed by atoms with van der Waals surface area (Å²) in [4.78, 5) is 74.4. The number of nitriles is 1. The summed E-state index contributed by atoms with van der Waals surface area (Å²) in [6.07, 6.45) is 6.60. The molecule has 0 spiro atoms. The lowest BCUT2D eigenvalue weighted by Gasteiger charge is -2.65. The van der Waals surface area contributed by atoms with E-state index >= 15 is 0 Å². The fourth-order valence-electron chi connectivity index (χ4n) is 11.5. The standard InChI is InChI=1S/C48H50N6O6/c1-6-30-18-34(22-50-38(30)21-49)60-46-47(2,3)45(48(46,4)5)53-26-33-17-28(13-14-35(33)42(53)57)10-7-27-8-11-29(12-9-27)23-52-24-31-19-36-37(20-32(31)25-52)44(59)54(43(36)58)39-15-16-40(55)51-41(39)56/h13-14,17-20,22,27,29,39,45-46H,6,8-9,11-12,15-16,23-26H2,1-5H3,(H,51,55,56)/t27-,29-,39?,45-,46-. The van der Waals surface area contributed by atoms with Gasteiger partial charge in [-0.1, -0.05) is 46.5 Å². The van der Waals surface area contributed by atoms with E-state index < -0.39 is 23.8 Å². The molecule has 4 aliphatic heterocycles. The van der Waals surface area contributed by atoms with Crippen LogP contribution in [0.3, 0.4) is 0 Å². The topological polar surface area (TPSA) is 153 Å². The van der Waals surface area contributed by atoms with Gasteiger partial charge in [0.05, 0.1) is 17.3 Å². The number of carbonyl (C=O) groups is 5. The van der Waals surface area contributed by atoms with Crippen molar-refractivity contribution in [1.29, 1.82) is 5.26 Å². The molecule has 1 N–H and O–H groups in total. The summed E-state index contributed by atoms with van der Waals surface area (Å²) in [5, 5.41) is 11.7. The highest BCUT2D eigenvalue weighted by molar-refractivity contribution is 6.23. The number of imide groups is 2. The second-order valence-corrected chi connectivity index (χ2v) is 18.8. The molecule has 6 aliphatic rings. The molecule has 5 amide bonds. The zero-order chi connectivity index (χ0) is 42.2. The molecule has 5 heterocycles. The Kier molecular flexibility index (Phi) is 9.71. The first-order valence-corrected chi connectivity index (χ1v) is 21.3. The van der Waals surface area contributed by atoms with Crippen molar-refractivity contribution in [3.63, 3.8) is 0 Å². The molecule has 2 saturated carbocycles. The molecule has 1 unspecified atom stereocenters. The van der Waals surface area contributed by atoms with E-state index in [2.05, 4.69) is 66.9 Å². The number of pyridine rings is 1. The summed E-state index contributed by atoms with van der Waals surface area (Å²) in [6.45, 7) is 13.5. The van der Waals surface area contributed by atoms with Crippen LogP contribution in [0.5, 0.6) is 5.75 Å². The van der Waals surface area contributed by atoms with Crippen LogP contribution in [0.2, 0.25) is 0 Å². The molecule has 0 bridgehead atoms. The SMILES string of the molecule is CCc1cc(O[C@H]2C(C)(C)[C@H](N3Cc4cc(C#C[C@H]5CC[C@H](CN6Cc7cc8c(cc7C6)C(=O)N(C6CCC(=O)NC6=O)C8=O)CC5)ccc4C3=O)C2(C)C)cnc1C#N. The van der Waals surface area contributed by atoms with Gasteiger partial charge in [-0.05, 0) is 103 Å². The minimum atomic E-state index is -0.962. The van der Waals surface area contributed by atoms with Gasteiger partial charge < -0.3 is 9.64 Å². The molecular weight excluding hydrogens is 757 g/mol. The number of amides is 5. The molecular formula is C48H50N6O6. The van der Waals surface area contributed by atoms with Crippen molar-refractivity contribution in [2.45, 2.75) is 117 Å². The van der Waals surface area contributed by atoms with Crippen molar-refractivity contribution in [3.05, 3.63) is 92.8 Å². The van der Waals surface area contributed by atoms with Crippen LogP contribution >= 0.6 is 0 Å². The Labute approximate surface area is 350 Å². The number of carbonyl (C=O) groups excluding carboxylic acids is 5. The molecule has 308 valence electrons. The highest BCUT2D eigenvalue weighted by atomic mass is 16.5. The number of piperidine rings is 1. The second kappa shape index (κ2) is 14.7. The van der Waals surface area contributed by atoms with Crippen LogP contribution in [0.25, 0.3) is 0 Å². The Balaban J connectivity index is 0.782. The number of hydrogen-bond acceptors (Lipinski definition) is 9.